The fraction of sp³-hybridized carbons (Fsp3) is 0.421. The highest BCUT2D eigenvalue weighted by Crippen LogP contribution is 2.37. The minimum Gasteiger partial charge on any atom is -0.404 e. The van der Waals surface area contributed by atoms with E-state index >= 15 is 0 Å². The Kier molecular flexibility index (Phi) is 10.2. The summed E-state index contributed by atoms with van der Waals surface area (Å²) in [7, 11) is -4.79. The molecule has 9 N–H and O–H groups in total. The number of hydrogen-bond donors (Lipinski definition) is 7. The Morgan fingerprint density at radius 2 is 1.53 bits per heavy atom. The van der Waals surface area contributed by atoms with Crippen LogP contribution in [-0.4, -0.2) is 51.4 Å². The minimum absolute atomic E-state index is 0.176. The Bertz CT molecular complexity index is 977. The van der Waals surface area contributed by atoms with Crippen molar-refractivity contribution in [3.8, 4) is 5.75 Å². The average Bonchev–Trinajstić information content (AvgIpc) is 2.68. The molecular weight excluding hydrogens is 473 g/mol. The Morgan fingerprint density at radius 1 is 0.971 bits per heavy atom. The van der Waals surface area contributed by atoms with Gasteiger partial charge in [-0.3, -0.25) is 33.8 Å². The third kappa shape index (κ3) is 9.57. The van der Waals surface area contributed by atoms with Crippen LogP contribution in [0.25, 0.3) is 0 Å². The number of hydrogen-bond acceptors (Lipinski definition) is 7. The second-order valence-electron chi connectivity index (χ2n) is 7.65. The van der Waals surface area contributed by atoms with Gasteiger partial charge in [-0.25, -0.2) is 4.57 Å². The third-order valence-corrected chi connectivity index (χ3v) is 4.81. The maximum atomic E-state index is 13.0. The largest absolute Gasteiger partial charge is 0.524 e. The van der Waals surface area contributed by atoms with Gasteiger partial charge in [0.2, 0.25) is 29.5 Å². The molecule has 0 unspecified atom stereocenters. The summed E-state index contributed by atoms with van der Waals surface area (Å²) >= 11 is 0. The van der Waals surface area contributed by atoms with Crippen LogP contribution in [0.2, 0.25) is 0 Å². The van der Waals surface area contributed by atoms with E-state index in [1.54, 1.807) is 13.8 Å². The molecule has 5 amide bonds. The van der Waals surface area contributed by atoms with Gasteiger partial charge in [-0.1, -0.05) is 26.0 Å². The number of nitrogens with two attached hydrogens (primary N) is 2. The van der Waals surface area contributed by atoms with E-state index in [9.17, 15) is 28.5 Å². The van der Waals surface area contributed by atoms with Crippen LogP contribution in [0.3, 0.4) is 0 Å². The Labute approximate surface area is 195 Å². The van der Waals surface area contributed by atoms with Gasteiger partial charge in [0, 0.05) is 6.92 Å². The molecule has 0 aromatic heterocycles. The quantitative estimate of drug-likeness (QED) is 0.162. The summed E-state index contributed by atoms with van der Waals surface area (Å²) in [6.45, 7) is 4.39. The van der Waals surface area contributed by atoms with Gasteiger partial charge in [-0.2, -0.15) is 0 Å². The fourth-order valence-corrected chi connectivity index (χ4v) is 3.22. The number of carbonyl (C=O) groups is 5. The molecule has 14 nitrogen and oxygen atoms in total. The molecule has 1 aromatic rings. The topological polar surface area (TPSA) is 240 Å². The Morgan fingerprint density at radius 3 is 1.94 bits per heavy atom. The predicted octanol–water partition coefficient (Wildman–Crippen LogP) is -1.68. The van der Waals surface area contributed by atoms with E-state index in [0.29, 0.717) is 0 Å². The number of primary amides is 2. The molecule has 1 rings (SSSR count). The van der Waals surface area contributed by atoms with E-state index in [4.69, 9.17) is 21.3 Å². The minimum atomic E-state index is -4.79. The normalized spacial score (nSPS) is 13.8. The molecular formula is C19H28N5O9P. The maximum Gasteiger partial charge on any atom is 0.524 e. The van der Waals surface area contributed by atoms with Crippen LogP contribution in [0.5, 0.6) is 5.75 Å². The second-order valence-corrected chi connectivity index (χ2v) is 8.81. The van der Waals surface area contributed by atoms with Crippen LogP contribution in [0.4, 0.5) is 0 Å². The number of benzene rings is 1. The van der Waals surface area contributed by atoms with Crippen LogP contribution in [0.1, 0.15) is 38.8 Å². The molecule has 0 aliphatic rings. The standard InChI is InChI=1S/C19H28N5O9P/c1-9(2)15(18(28)23-13(17(21)27)8-14(20)26)24-19(29)16(22-10(3)25)11-4-6-12(7-5-11)33-34(30,31)32/h4-7,9,13,15-16H,8H2,1-3H3,(H2,20,26)(H2,21,27)(H,22,25)(H,23,28)(H,24,29)(H2,30,31,32)/t13-,15-,16-/m0/s1. The lowest BCUT2D eigenvalue weighted by molar-refractivity contribution is -0.134. The first-order valence-corrected chi connectivity index (χ1v) is 11.4. The van der Waals surface area contributed by atoms with Crippen molar-refractivity contribution in [3.63, 3.8) is 0 Å². The van der Waals surface area contributed by atoms with Crippen molar-refractivity contribution in [1.29, 1.82) is 0 Å². The molecule has 0 heterocycles. The molecule has 188 valence electrons. The van der Waals surface area contributed by atoms with E-state index < -0.39 is 67.8 Å². The van der Waals surface area contributed by atoms with E-state index in [0.717, 1.165) is 0 Å². The van der Waals surface area contributed by atoms with Gasteiger partial charge in [0.25, 0.3) is 0 Å². The number of phosphoric acid groups is 1. The second kappa shape index (κ2) is 12.1. The SMILES string of the molecule is CC(=O)N[C@H](C(=O)N[C@H](C(=O)N[C@@H](CC(N)=O)C(N)=O)C(C)C)c1ccc(OP(=O)(O)O)cc1. The first kappa shape index (κ1) is 28.6. The van der Waals surface area contributed by atoms with Crippen LogP contribution >= 0.6 is 7.82 Å². The highest BCUT2D eigenvalue weighted by atomic mass is 31.2. The molecule has 0 saturated heterocycles. The summed E-state index contributed by atoms with van der Waals surface area (Å²) in [6.07, 6.45) is -0.530. The summed E-state index contributed by atoms with van der Waals surface area (Å²) in [5.74, 6) is -4.69. The van der Waals surface area contributed by atoms with Crippen molar-refractivity contribution >= 4 is 37.4 Å². The molecule has 0 spiro atoms. The Hall–Kier alpha value is -3.48. The van der Waals surface area contributed by atoms with Gasteiger partial charge in [0.05, 0.1) is 6.42 Å². The van der Waals surface area contributed by atoms with Crippen molar-refractivity contribution in [3.05, 3.63) is 29.8 Å². The summed E-state index contributed by atoms with van der Waals surface area (Å²) in [5, 5.41) is 7.18. The van der Waals surface area contributed by atoms with Crippen molar-refractivity contribution in [2.75, 3.05) is 0 Å². The molecule has 0 aliphatic carbocycles. The molecule has 34 heavy (non-hydrogen) atoms. The molecule has 0 fully saturated rings. The lowest BCUT2D eigenvalue weighted by Gasteiger charge is -2.26. The summed E-state index contributed by atoms with van der Waals surface area (Å²) in [5.41, 5.74) is 10.5. The number of rotatable bonds is 12. The van der Waals surface area contributed by atoms with E-state index in [-0.39, 0.29) is 11.3 Å². The maximum absolute atomic E-state index is 13.0. The molecule has 1 aromatic carbocycles. The van der Waals surface area contributed by atoms with Gasteiger partial charge < -0.3 is 31.9 Å². The first-order valence-electron chi connectivity index (χ1n) is 9.91. The van der Waals surface area contributed by atoms with Crippen molar-refractivity contribution in [2.24, 2.45) is 17.4 Å². The fourth-order valence-electron chi connectivity index (χ4n) is 2.82. The molecule has 0 radical (unpaired) electrons. The molecule has 0 saturated carbocycles. The zero-order chi connectivity index (χ0) is 26.2. The Balaban J connectivity index is 3.11. The van der Waals surface area contributed by atoms with Crippen molar-refractivity contribution < 1.29 is 42.8 Å². The molecule has 0 aliphatic heterocycles. The summed E-state index contributed by atoms with van der Waals surface area (Å²) < 4.78 is 15.4. The van der Waals surface area contributed by atoms with Gasteiger partial charge in [-0.05, 0) is 23.6 Å². The summed E-state index contributed by atoms with van der Waals surface area (Å²) in [6, 6.07) is 1.12. The van der Waals surface area contributed by atoms with Crippen molar-refractivity contribution in [1.82, 2.24) is 16.0 Å². The number of phosphoric ester groups is 1. The predicted molar refractivity (Wildman–Crippen MR) is 117 cm³/mol. The number of amides is 5. The van der Waals surface area contributed by atoms with E-state index in [1.807, 2.05) is 0 Å². The number of nitrogens with one attached hydrogen (secondary N) is 3. The van der Waals surface area contributed by atoms with Gasteiger partial charge in [-0.15, -0.1) is 0 Å². The summed E-state index contributed by atoms with van der Waals surface area (Å²) in [4.78, 5) is 77.8. The number of carbonyl (C=O) groups excluding carboxylic acids is 5. The zero-order valence-corrected chi connectivity index (χ0v) is 19.6. The smallest absolute Gasteiger partial charge is 0.404 e. The molecule has 15 heteroatoms. The van der Waals surface area contributed by atoms with Gasteiger partial charge in [0.1, 0.15) is 23.9 Å². The first-order chi connectivity index (χ1) is 15.6. The highest BCUT2D eigenvalue weighted by molar-refractivity contribution is 7.46. The van der Waals surface area contributed by atoms with Crippen LogP contribution in [0, 0.1) is 5.92 Å². The zero-order valence-electron chi connectivity index (χ0n) is 18.7. The highest BCUT2D eigenvalue weighted by Gasteiger charge is 2.31. The van der Waals surface area contributed by atoms with Crippen molar-refractivity contribution in [2.45, 2.75) is 45.3 Å². The average molecular weight is 501 g/mol. The van der Waals surface area contributed by atoms with E-state index in [1.165, 1.54) is 31.2 Å². The monoisotopic (exact) mass is 501 g/mol. The molecule has 3 atom stereocenters. The van der Waals surface area contributed by atoms with E-state index in [2.05, 4.69) is 20.5 Å². The van der Waals surface area contributed by atoms with Gasteiger partial charge >= 0.3 is 7.82 Å². The van der Waals surface area contributed by atoms with Gasteiger partial charge in [0.15, 0.2) is 0 Å². The third-order valence-electron chi connectivity index (χ3n) is 4.36. The lowest BCUT2D eigenvalue weighted by atomic mass is 10.00. The van der Waals surface area contributed by atoms with Crippen LogP contribution in [-0.2, 0) is 28.5 Å². The molecule has 0 bridgehead atoms. The van der Waals surface area contributed by atoms with Crippen LogP contribution < -0.4 is 31.9 Å². The van der Waals surface area contributed by atoms with Crippen LogP contribution in [0.15, 0.2) is 24.3 Å². The lowest BCUT2D eigenvalue weighted by Crippen LogP contribution is -2.56.